The van der Waals surface area contributed by atoms with Crippen molar-refractivity contribution in [3.05, 3.63) is 59.8 Å². The average Bonchev–Trinajstić information content (AvgIpc) is 3.56. The predicted octanol–water partition coefficient (Wildman–Crippen LogP) is 3.03. The zero-order chi connectivity index (χ0) is 28.0. The van der Waals surface area contributed by atoms with Gasteiger partial charge in [0.05, 0.1) is 23.7 Å². The third-order valence-corrected chi connectivity index (χ3v) is 5.95. The van der Waals surface area contributed by atoms with E-state index in [-0.39, 0.29) is 36.0 Å². The van der Waals surface area contributed by atoms with Crippen LogP contribution in [-0.4, -0.2) is 56.0 Å². The molecule has 0 bridgehead atoms. The van der Waals surface area contributed by atoms with Crippen molar-refractivity contribution in [2.75, 3.05) is 25.0 Å². The predicted molar refractivity (Wildman–Crippen MR) is 138 cm³/mol. The zero-order valence-electron chi connectivity index (χ0n) is 21.1. The average molecular weight is 544 g/mol. The minimum atomic E-state index is -4.60. The molecule has 4 rings (SSSR count). The number of hydrogen-bond acceptors (Lipinski definition) is 7. The third kappa shape index (κ3) is 6.34. The summed E-state index contributed by atoms with van der Waals surface area (Å²) in [6.45, 7) is 3.04. The van der Waals surface area contributed by atoms with E-state index in [0.717, 1.165) is 11.8 Å². The number of hydrogen-bond donors (Lipinski definition) is 5. The Kier molecular flexibility index (Phi) is 8.44. The number of nitrogens with two attached hydrogens (primary N) is 1. The Labute approximate surface area is 221 Å². The molecule has 4 aromatic rings. The number of nitrogens with zero attached hydrogens (tertiary/aromatic N) is 4. The number of halogens is 3. The second-order valence-corrected chi connectivity index (χ2v) is 8.62. The summed E-state index contributed by atoms with van der Waals surface area (Å²) in [6, 6.07) is 5.22. The number of fused-ring (bicyclic) bond motifs is 1. The maximum atomic E-state index is 13.4. The molecule has 2 amide bonds. The van der Waals surface area contributed by atoms with Gasteiger partial charge in [0, 0.05) is 49.7 Å². The number of aryl methyl sites for hydroxylation is 1. The van der Waals surface area contributed by atoms with Crippen LogP contribution in [0, 0.1) is 0 Å². The quantitative estimate of drug-likeness (QED) is 0.182. The number of imidazole rings is 1. The molecule has 3 heterocycles. The third-order valence-electron chi connectivity index (χ3n) is 5.95. The zero-order valence-corrected chi connectivity index (χ0v) is 21.1. The van der Waals surface area contributed by atoms with Gasteiger partial charge in [0.1, 0.15) is 5.69 Å². The fourth-order valence-electron chi connectivity index (χ4n) is 4.06. The smallest absolute Gasteiger partial charge is 0.356 e. The fourth-order valence-corrected chi connectivity index (χ4v) is 4.06. The van der Waals surface area contributed by atoms with Crippen LogP contribution in [0.2, 0.25) is 0 Å². The minimum absolute atomic E-state index is 0.121. The Bertz CT molecular complexity index is 1460. The SMILES string of the molecule is CCc1cc(Nc2nccn3c(-c4cn[nH]c4C(F)(F)F)cnc23)ccc1C(=O)NCCCNC(=O)CCN. The Morgan fingerprint density at radius 2 is 1.92 bits per heavy atom. The fraction of sp³-hybridized carbons (Fsp3) is 0.320. The van der Waals surface area contributed by atoms with Crippen LogP contribution in [0.25, 0.3) is 16.9 Å². The molecule has 1 aromatic carbocycles. The Balaban J connectivity index is 1.47. The molecular formula is C25H28F3N9O2. The molecule has 0 unspecified atom stereocenters. The van der Waals surface area contributed by atoms with Crippen molar-refractivity contribution < 1.29 is 22.8 Å². The molecule has 6 N–H and O–H groups in total. The molecule has 0 spiro atoms. The van der Waals surface area contributed by atoms with Crippen LogP contribution >= 0.6 is 0 Å². The van der Waals surface area contributed by atoms with Crippen LogP contribution in [0.15, 0.2) is 43.0 Å². The Morgan fingerprint density at radius 1 is 1.13 bits per heavy atom. The van der Waals surface area contributed by atoms with E-state index in [1.807, 2.05) is 18.1 Å². The molecule has 14 heteroatoms. The van der Waals surface area contributed by atoms with Gasteiger partial charge in [-0.3, -0.25) is 19.1 Å². The summed E-state index contributed by atoms with van der Waals surface area (Å²) in [4.78, 5) is 32.8. The second-order valence-electron chi connectivity index (χ2n) is 8.62. The van der Waals surface area contributed by atoms with Gasteiger partial charge in [-0.05, 0) is 36.6 Å². The molecular weight excluding hydrogens is 515 g/mol. The number of aromatic amines is 1. The van der Waals surface area contributed by atoms with Crippen LogP contribution in [0.5, 0.6) is 0 Å². The molecule has 3 aromatic heterocycles. The van der Waals surface area contributed by atoms with Crippen molar-refractivity contribution in [3.8, 4) is 11.3 Å². The molecule has 0 radical (unpaired) electrons. The first kappa shape index (κ1) is 27.6. The van der Waals surface area contributed by atoms with E-state index in [0.29, 0.717) is 48.6 Å². The van der Waals surface area contributed by atoms with Crippen molar-refractivity contribution >= 4 is 29.0 Å². The second kappa shape index (κ2) is 11.9. The van der Waals surface area contributed by atoms with E-state index in [2.05, 4.69) is 31.0 Å². The number of anilines is 2. The highest BCUT2D eigenvalue weighted by Gasteiger charge is 2.36. The van der Waals surface area contributed by atoms with Crippen molar-refractivity contribution in [3.63, 3.8) is 0 Å². The van der Waals surface area contributed by atoms with Crippen molar-refractivity contribution in [1.29, 1.82) is 0 Å². The van der Waals surface area contributed by atoms with Gasteiger partial charge in [0.15, 0.2) is 11.5 Å². The van der Waals surface area contributed by atoms with Crippen molar-refractivity contribution in [1.82, 2.24) is 35.2 Å². The Hall–Kier alpha value is -4.46. The summed E-state index contributed by atoms with van der Waals surface area (Å²) in [5.74, 6) is -0.0217. The normalized spacial score (nSPS) is 11.5. The number of benzene rings is 1. The van der Waals surface area contributed by atoms with Gasteiger partial charge in [-0.2, -0.15) is 18.3 Å². The highest BCUT2D eigenvalue weighted by molar-refractivity contribution is 5.96. The van der Waals surface area contributed by atoms with Gasteiger partial charge in [-0.1, -0.05) is 6.92 Å². The van der Waals surface area contributed by atoms with Gasteiger partial charge in [0.2, 0.25) is 5.91 Å². The van der Waals surface area contributed by atoms with E-state index in [4.69, 9.17) is 5.73 Å². The first-order valence-electron chi connectivity index (χ1n) is 12.3. The van der Waals surface area contributed by atoms with Crippen molar-refractivity contribution in [2.45, 2.75) is 32.4 Å². The summed E-state index contributed by atoms with van der Waals surface area (Å²) in [5.41, 5.74) is 6.71. The first-order chi connectivity index (χ1) is 18.7. The minimum Gasteiger partial charge on any atom is -0.356 e. The Morgan fingerprint density at radius 3 is 2.67 bits per heavy atom. The number of nitrogens with one attached hydrogen (secondary N) is 4. The number of rotatable bonds is 11. The number of carbonyl (C=O) groups is 2. The molecule has 0 fully saturated rings. The van der Waals surface area contributed by atoms with E-state index < -0.39 is 11.9 Å². The van der Waals surface area contributed by atoms with Crippen molar-refractivity contribution in [2.24, 2.45) is 5.73 Å². The molecule has 0 aliphatic heterocycles. The molecule has 11 nitrogen and oxygen atoms in total. The first-order valence-corrected chi connectivity index (χ1v) is 12.3. The summed E-state index contributed by atoms with van der Waals surface area (Å²) >= 11 is 0. The standard InChI is InChI=1S/C25H28F3N9O2/c1-2-15-12-16(4-5-17(15)24(39)32-9-3-8-30-20(38)6-7-29)35-22-23-33-14-19(37(23)11-10-31-22)18-13-34-36-21(18)25(26,27)28/h4-5,10-14H,2-3,6-9,29H2,1H3,(H,30,38)(H,31,35)(H,32,39)(H,34,36). The summed E-state index contributed by atoms with van der Waals surface area (Å²) in [7, 11) is 0. The lowest BCUT2D eigenvalue weighted by molar-refractivity contribution is -0.140. The molecule has 0 saturated heterocycles. The van der Waals surface area contributed by atoms with E-state index >= 15 is 0 Å². The number of amides is 2. The lowest BCUT2D eigenvalue weighted by Crippen LogP contribution is -2.31. The van der Waals surface area contributed by atoms with Gasteiger partial charge in [-0.15, -0.1) is 0 Å². The molecule has 39 heavy (non-hydrogen) atoms. The molecule has 0 saturated carbocycles. The van der Waals surface area contributed by atoms with Crippen LogP contribution < -0.4 is 21.7 Å². The lowest BCUT2D eigenvalue weighted by atomic mass is 10.0. The topological polar surface area (TPSA) is 155 Å². The number of carbonyl (C=O) groups excluding carboxylic acids is 2. The summed E-state index contributed by atoms with van der Waals surface area (Å²) in [6.07, 6.45) is 2.23. The number of aromatic nitrogens is 5. The number of alkyl halides is 3. The van der Waals surface area contributed by atoms with Gasteiger partial charge in [-0.25, -0.2) is 9.97 Å². The maximum Gasteiger partial charge on any atom is 0.433 e. The van der Waals surface area contributed by atoms with Gasteiger partial charge < -0.3 is 21.7 Å². The number of H-pyrrole nitrogens is 1. The highest BCUT2D eigenvalue weighted by Crippen LogP contribution is 2.36. The molecule has 0 aliphatic carbocycles. The van der Waals surface area contributed by atoms with E-state index in [9.17, 15) is 22.8 Å². The van der Waals surface area contributed by atoms with Gasteiger partial charge in [0.25, 0.3) is 5.91 Å². The largest absolute Gasteiger partial charge is 0.433 e. The molecule has 0 atom stereocenters. The van der Waals surface area contributed by atoms with Crippen LogP contribution in [0.1, 0.15) is 41.4 Å². The highest BCUT2D eigenvalue weighted by atomic mass is 19.4. The van der Waals surface area contributed by atoms with E-state index in [1.165, 1.54) is 23.0 Å². The van der Waals surface area contributed by atoms with Crippen LogP contribution in [0.3, 0.4) is 0 Å². The summed E-state index contributed by atoms with van der Waals surface area (Å²) in [5, 5.41) is 14.3. The van der Waals surface area contributed by atoms with E-state index in [1.54, 1.807) is 12.1 Å². The molecule has 0 aliphatic rings. The summed E-state index contributed by atoms with van der Waals surface area (Å²) < 4.78 is 41.7. The lowest BCUT2D eigenvalue weighted by Gasteiger charge is -2.13. The van der Waals surface area contributed by atoms with Gasteiger partial charge >= 0.3 is 6.18 Å². The monoisotopic (exact) mass is 543 g/mol. The molecule has 206 valence electrons. The maximum absolute atomic E-state index is 13.4. The van der Waals surface area contributed by atoms with Crippen LogP contribution in [-0.2, 0) is 17.4 Å². The van der Waals surface area contributed by atoms with Crippen LogP contribution in [0.4, 0.5) is 24.7 Å².